The predicted octanol–water partition coefficient (Wildman–Crippen LogP) is 7.08. The number of nitrogens with zero attached hydrogens (tertiary/aromatic N) is 2. The van der Waals surface area contributed by atoms with E-state index in [-0.39, 0.29) is 32.5 Å². The fraction of sp³-hybridized carbons (Fsp3) is 0.0800. The molecule has 0 unspecified atom stereocenters. The van der Waals surface area contributed by atoms with Crippen molar-refractivity contribution in [2.45, 2.75) is 11.8 Å². The highest BCUT2D eigenvalue weighted by atomic mass is 35.5. The van der Waals surface area contributed by atoms with E-state index < -0.39 is 26.7 Å². The zero-order chi connectivity index (χ0) is 26.9. The number of ether oxygens (including phenoxy) is 1. The maximum Gasteiger partial charge on any atom is 0.296 e. The van der Waals surface area contributed by atoms with E-state index in [9.17, 15) is 22.9 Å². The fourth-order valence-corrected chi connectivity index (χ4v) is 5.21. The molecule has 9 nitrogen and oxygen atoms in total. The highest BCUT2D eigenvalue weighted by molar-refractivity contribution is 7.86. The van der Waals surface area contributed by atoms with Crippen LogP contribution in [0.15, 0.2) is 75.8 Å². The second kappa shape index (κ2) is 10.3. The Labute approximate surface area is 222 Å². The first-order chi connectivity index (χ1) is 17.5. The number of carbonyl (C=O) groups excluding carboxylic acids is 1. The SMILES string of the molecule is COc1ccc(NC(=O)c2cc3ccccc3c(N=Nc3ccc(C)c(S(=O)(=O)O)c3Cl)c2O)c(Cl)c1. The molecule has 0 saturated heterocycles. The molecule has 4 aromatic carbocycles. The number of methoxy groups -OCH3 is 1. The Morgan fingerprint density at radius 1 is 1.03 bits per heavy atom. The Hall–Kier alpha value is -3.70. The molecule has 190 valence electrons. The van der Waals surface area contributed by atoms with E-state index in [1.165, 1.54) is 38.3 Å². The second-order valence-electron chi connectivity index (χ2n) is 7.86. The summed E-state index contributed by atoms with van der Waals surface area (Å²) < 4.78 is 38.2. The van der Waals surface area contributed by atoms with E-state index in [0.717, 1.165) is 0 Å². The monoisotopic (exact) mass is 559 g/mol. The summed E-state index contributed by atoms with van der Waals surface area (Å²) in [5, 5.41) is 22.7. The van der Waals surface area contributed by atoms with Crippen LogP contribution >= 0.6 is 23.2 Å². The molecule has 0 atom stereocenters. The summed E-state index contributed by atoms with van der Waals surface area (Å²) in [7, 11) is -3.14. The van der Waals surface area contributed by atoms with Gasteiger partial charge in [-0.25, -0.2) is 0 Å². The topological polar surface area (TPSA) is 138 Å². The van der Waals surface area contributed by atoms with Gasteiger partial charge >= 0.3 is 0 Å². The van der Waals surface area contributed by atoms with Crippen LogP contribution in [0, 0.1) is 6.92 Å². The minimum atomic E-state index is -4.62. The number of anilines is 1. The number of azo groups is 1. The number of fused-ring (bicyclic) bond motifs is 1. The number of rotatable bonds is 6. The Morgan fingerprint density at radius 2 is 1.76 bits per heavy atom. The third-order valence-corrected chi connectivity index (χ3v) is 7.30. The summed E-state index contributed by atoms with van der Waals surface area (Å²) in [4.78, 5) is 12.6. The molecule has 4 aromatic rings. The smallest absolute Gasteiger partial charge is 0.296 e. The molecule has 0 radical (unpaired) electrons. The molecule has 4 rings (SSSR count). The first-order valence-corrected chi connectivity index (χ1v) is 12.8. The van der Waals surface area contributed by atoms with Crippen LogP contribution in [-0.2, 0) is 10.1 Å². The van der Waals surface area contributed by atoms with Crippen LogP contribution in [0.5, 0.6) is 11.5 Å². The molecular formula is C25H19Cl2N3O6S. The van der Waals surface area contributed by atoms with Gasteiger partial charge in [0.05, 0.1) is 28.4 Å². The quantitative estimate of drug-likeness (QED) is 0.170. The van der Waals surface area contributed by atoms with Gasteiger partial charge in [-0.15, -0.1) is 10.2 Å². The van der Waals surface area contributed by atoms with Gasteiger partial charge < -0.3 is 15.2 Å². The first-order valence-electron chi connectivity index (χ1n) is 10.6. The van der Waals surface area contributed by atoms with Crippen molar-refractivity contribution in [1.82, 2.24) is 0 Å². The third-order valence-electron chi connectivity index (χ3n) is 5.45. The molecule has 0 heterocycles. The van der Waals surface area contributed by atoms with Gasteiger partial charge in [-0.1, -0.05) is 53.5 Å². The molecule has 0 aromatic heterocycles. The standard InChI is InChI=1S/C25H19Cl2N3O6S/c1-13-7-9-20(21(27)24(13)37(33,34)35)29-30-22-16-6-4-3-5-14(16)11-17(23(22)31)25(32)28-19-10-8-15(36-2)12-18(19)26/h3-12,31H,1-2H3,(H,28,32)(H,33,34,35). The average molecular weight is 560 g/mol. The van der Waals surface area contributed by atoms with Gasteiger partial charge in [-0.3, -0.25) is 9.35 Å². The lowest BCUT2D eigenvalue weighted by Crippen LogP contribution is -2.12. The van der Waals surface area contributed by atoms with Crippen LogP contribution in [0.2, 0.25) is 10.0 Å². The average Bonchev–Trinajstić information content (AvgIpc) is 2.84. The van der Waals surface area contributed by atoms with Gasteiger partial charge in [0.1, 0.15) is 22.0 Å². The van der Waals surface area contributed by atoms with Crippen molar-refractivity contribution in [1.29, 1.82) is 0 Å². The molecule has 37 heavy (non-hydrogen) atoms. The van der Waals surface area contributed by atoms with Crippen molar-refractivity contribution in [2.75, 3.05) is 12.4 Å². The molecule has 0 aliphatic carbocycles. The summed E-state index contributed by atoms with van der Waals surface area (Å²) in [6.07, 6.45) is 0. The number of carbonyl (C=O) groups is 1. The van der Waals surface area contributed by atoms with Crippen LogP contribution in [0.1, 0.15) is 15.9 Å². The van der Waals surface area contributed by atoms with Crippen molar-refractivity contribution in [3.63, 3.8) is 0 Å². The summed E-state index contributed by atoms with van der Waals surface area (Å²) in [6.45, 7) is 1.46. The van der Waals surface area contributed by atoms with Gasteiger partial charge in [0.25, 0.3) is 16.0 Å². The molecule has 0 fully saturated rings. The number of hydrogen-bond donors (Lipinski definition) is 3. The van der Waals surface area contributed by atoms with Crippen molar-refractivity contribution in [2.24, 2.45) is 10.2 Å². The lowest BCUT2D eigenvalue weighted by atomic mass is 10.0. The van der Waals surface area contributed by atoms with E-state index in [1.54, 1.807) is 36.4 Å². The number of hydrogen-bond acceptors (Lipinski definition) is 7. The summed E-state index contributed by atoms with van der Waals surface area (Å²) >= 11 is 12.4. The van der Waals surface area contributed by atoms with Gasteiger partial charge in [0.15, 0.2) is 5.75 Å². The van der Waals surface area contributed by atoms with Gasteiger partial charge in [0.2, 0.25) is 0 Å². The van der Waals surface area contributed by atoms with E-state index in [4.69, 9.17) is 27.9 Å². The molecule has 0 aliphatic rings. The molecule has 0 aliphatic heterocycles. The molecule has 1 amide bonds. The van der Waals surface area contributed by atoms with Crippen LogP contribution in [0.25, 0.3) is 10.8 Å². The van der Waals surface area contributed by atoms with Gasteiger partial charge in [-0.05, 0) is 42.1 Å². The Bertz CT molecular complexity index is 1690. The predicted molar refractivity (Wildman–Crippen MR) is 142 cm³/mol. The number of phenolic OH excluding ortho intramolecular Hbond substituents is 1. The van der Waals surface area contributed by atoms with Crippen LogP contribution in [-0.4, -0.2) is 31.1 Å². The zero-order valence-corrected chi connectivity index (χ0v) is 21.7. The third kappa shape index (κ3) is 5.37. The van der Waals surface area contributed by atoms with Crippen molar-refractivity contribution >= 4 is 67.1 Å². The minimum absolute atomic E-state index is 0.0471. The van der Waals surface area contributed by atoms with Crippen LogP contribution in [0.4, 0.5) is 17.1 Å². The number of aryl methyl sites for hydroxylation is 1. The van der Waals surface area contributed by atoms with Crippen molar-refractivity contribution < 1.29 is 27.6 Å². The molecule has 12 heteroatoms. The Balaban J connectivity index is 1.80. The van der Waals surface area contributed by atoms with Gasteiger partial charge in [0, 0.05) is 11.5 Å². The number of halogens is 2. The number of benzene rings is 4. The highest BCUT2D eigenvalue weighted by Gasteiger charge is 2.22. The van der Waals surface area contributed by atoms with Crippen molar-refractivity contribution in [3.8, 4) is 11.5 Å². The summed E-state index contributed by atoms with van der Waals surface area (Å²) in [5.41, 5.74) is 0.300. The van der Waals surface area contributed by atoms with E-state index in [0.29, 0.717) is 22.2 Å². The first kappa shape index (κ1) is 26.4. The highest BCUT2D eigenvalue weighted by Crippen LogP contribution is 2.41. The number of amides is 1. The van der Waals surface area contributed by atoms with E-state index >= 15 is 0 Å². The molecular weight excluding hydrogens is 541 g/mol. The number of nitrogens with one attached hydrogen (secondary N) is 1. The Kier molecular flexibility index (Phi) is 7.37. The van der Waals surface area contributed by atoms with Gasteiger partial charge in [-0.2, -0.15) is 8.42 Å². The lowest BCUT2D eigenvalue weighted by molar-refractivity contribution is 0.102. The van der Waals surface area contributed by atoms with Crippen LogP contribution < -0.4 is 10.1 Å². The maximum absolute atomic E-state index is 13.1. The number of phenols is 1. The summed E-state index contributed by atoms with van der Waals surface area (Å²) in [6, 6.07) is 15.9. The molecule has 0 spiro atoms. The molecule has 3 N–H and O–H groups in total. The molecule has 0 saturated carbocycles. The number of aromatic hydroxyl groups is 1. The zero-order valence-electron chi connectivity index (χ0n) is 19.4. The lowest BCUT2D eigenvalue weighted by Gasteiger charge is -2.12. The van der Waals surface area contributed by atoms with Crippen LogP contribution in [0.3, 0.4) is 0 Å². The van der Waals surface area contributed by atoms with Crippen molar-refractivity contribution in [3.05, 3.63) is 81.8 Å². The minimum Gasteiger partial charge on any atom is -0.505 e. The molecule has 0 bridgehead atoms. The normalized spacial score (nSPS) is 11.7. The maximum atomic E-state index is 13.1. The second-order valence-corrected chi connectivity index (χ2v) is 10.0. The summed E-state index contributed by atoms with van der Waals surface area (Å²) in [5.74, 6) is -0.622. The van der Waals surface area contributed by atoms with E-state index in [1.807, 2.05) is 0 Å². The largest absolute Gasteiger partial charge is 0.505 e. The fourth-order valence-electron chi connectivity index (χ4n) is 3.65. The van der Waals surface area contributed by atoms with E-state index in [2.05, 4.69) is 15.5 Å². The Morgan fingerprint density at radius 3 is 2.43 bits per heavy atom.